The molecule has 1 rings (SSSR count). The molecule has 2 N–H and O–H groups in total. The predicted octanol–water partition coefficient (Wildman–Crippen LogP) is 1.86. The molecule has 102 valence electrons. The van der Waals surface area contributed by atoms with Gasteiger partial charge in [0.2, 0.25) is 0 Å². The van der Waals surface area contributed by atoms with E-state index in [1.165, 1.54) is 32.1 Å². The van der Waals surface area contributed by atoms with Crippen molar-refractivity contribution >= 4 is 0 Å². The molecule has 17 heavy (non-hydrogen) atoms. The second kappa shape index (κ2) is 8.06. The summed E-state index contributed by atoms with van der Waals surface area (Å²) in [4.78, 5) is 2.36. The fraction of sp³-hybridized carbons (Fsp3) is 1.00. The summed E-state index contributed by atoms with van der Waals surface area (Å²) in [5.74, 6) is 0.950. The van der Waals surface area contributed by atoms with Crippen LogP contribution in [0.25, 0.3) is 0 Å². The highest BCUT2D eigenvalue weighted by atomic mass is 16.3. The molecular formula is C14H30N2O. The summed E-state index contributed by atoms with van der Waals surface area (Å²) in [5, 5.41) is 13.1. The zero-order chi connectivity index (χ0) is 12.7. The van der Waals surface area contributed by atoms with E-state index in [1.54, 1.807) is 0 Å². The highest BCUT2D eigenvalue weighted by molar-refractivity contribution is 4.79. The molecule has 3 nitrogen and oxygen atoms in total. The highest BCUT2D eigenvalue weighted by Gasteiger charge is 2.23. The lowest BCUT2D eigenvalue weighted by Gasteiger charge is -2.35. The Morgan fingerprint density at radius 1 is 1.24 bits per heavy atom. The first kappa shape index (κ1) is 14.9. The van der Waals surface area contributed by atoms with E-state index in [-0.39, 0.29) is 6.10 Å². The van der Waals surface area contributed by atoms with Crippen LogP contribution in [0.3, 0.4) is 0 Å². The molecule has 1 aliphatic carbocycles. The van der Waals surface area contributed by atoms with Crippen LogP contribution in [-0.4, -0.2) is 48.8 Å². The number of nitrogens with zero attached hydrogens (tertiary/aromatic N) is 1. The summed E-state index contributed by atoms with van der Waals surface area (Å²) in [7, 11) is 2.16. The maximum absolute atomic E-state index is 9.88. The second-order valence-corrected chi connectivity index (χ2v) is 5.48. The Labute approximate surface area is 107 Å². The third-order valence-electron chi connectivity index (χ3n) is 4.15. The average Bonchev–Trinajstić information content (AvgIpc) is 2.36. The molecule has 0 spiro atoms. The van der Waals surface area contributed by atoms with Gasteiger partial charge in [-0.25, -0.2) is 0 Å². The number of hydrogen-bond donors (Lipinski definition) is 2. The van der Waals surface area contributed by atoms with Crippen LogP contribution in [-0.2, 0) is 0 Å². The molecule has 0 bridgehead atoms. The summed E-state index contributed by atoms with van der Waals surface area (Å²) in [6.07, 6.45) is 6.46. The quantitative estimate of drug-likeness (QED) is 0.715. The van der Waals surface area contributed by atoms with Crippen molar-refractivity contribution in [3.8, 4) is 0 Å². The van der Waals surface area contributed by atoms with E-state index in [4.69, 9.17) is 0 Å². The van der Waals surface area contributed by atoms with E-state index < -0.39 is 0 Å². The standard InChI is InChI=1S/C14H30N2O/c1-4-12-6-8-13(9-7-12)16(3)11-14(17)10-15-5-2/h12-15,17H,4-11H2,1-3H3. The first-order valence-corrected chi connectivity index (χ1v) is 7.26. The fourth-order valence-corrected chi connectivity index (χ4v) is 2.85. The number of rotatable bonds is 7. The number of hydrogen-bond acceptors (Lipinski definition) is 3. The lowest BCUT2D eigenvalue weighted by atomic mass is 9.84. The second-order valence-electron chi connectivity index (χ2n) is 5.48. The van der Waals surface area contributed by atoms with Gasteiger partial charge in [0.1, 0.15) is 0 Å². The Bertz CT molecular complexity index is 191. The summed E-state index contributed by atoms with van der Waals surface area (Å²) in [6, 6.07) is 0.689. The average molecular weight is 242 g/mol. The van der Waals surface area contributed by atoms with E-state index in [0.29, 0.717) is 12.6 Å². The lowest BCUT2D eigenvalue weighted by Crippen LogP contribution is -2.42. The van der Waals surface area contributed by atoms with Crippen LogP contribution in [0.2, 0.25) is 0 Å². The summed E-state index contributed by atoms with van der Waals surface area (Å²) in [6.45, 7) is 6.82. The molecule has 1 saturated carbocycles. The monoisotopic (exact) mass is 242 g/mol. The van der Waals surface area contributed by atoms with Crippen molar-refractivity contribution in [2.45, 2.75) is 58.1 Å². The molecule has 1 fully saturated rings. The Morgan fingerprint density at radius 3 is 2.41 bits per heavy atom. The first-order chi connectivity index (χ1) is 8.17. The van der Waals surface area contributed by atoms with Crippen molar-refractivity contribution in [3.05, 3.63) is 0 Å². The van der Waals surface area contributed by atoms with E-state index in [9.17, 15) is 5.11 Å². The molecule has 0 aliphatic heterocycles. The minimum Gasteiger partial charge on any atom is -0.390 e. The molecule has 0 heterocycles. The van der Waals surface area contributed by atoms with Gasteiger partial charge in [0.15, 0.2) is 0 Å². The Morgan fingerprint density at radius 2 is 1.88 bits per heavy atom. The molecule has 0 radical (unpaired) electrons. The van der Waals surface area contributed by atoms with Crippen LogP contribution in [0, 0.1) is 5.92 Å². The van der Waals surface area contributed by atoms with Crippen LogP contribution in [0.5, 0.6) is 0 Å². The van der Waals surface area contributed by atoms with Crippen LogP contribution in [0.4, 0.5) is 0 Å². The molecule has 1 unspecified atom stereocenters. The maximum Gasteiger partial charge on any atom is 0.0791 e. The zero-order valence-electron chi connectivity index (χ0n) is 11.8. The molecule has 3 heteroatoms. The van der Waals surface area contributed by atoms with Gasteiger partial charge in [-0.1, -0.05) is 20.3 Å². The SMILES string of the molecule is CCNCC(O)CN(C)C1CCC(CC)CC1. The minimum atomic E-state index is -0.233. The zero-order valence-corrected chi connectivity index (χ0v) is 11.8. The van der Waals surface area contributed by atoms with Gasteiger partial charge in [-0.05, 0) is 45.2 Å². The largest absolute Gasteiger partial charge is 0.390 e. The number of likely N-dealkylation sites (N-methyl/N-ethyl adjacent to an activating group) is 2. The summed E-state index contributed by atoms with van der Waals surface area (Å²) in [5.41, 5.74) is 0. The topological polar surface area (TPSA) is 35.5 Å². The van der Waals surface area contributed by atoms with Gasteiger partial charge in [0.25, 0.3) is 0 Å². The molecule has 0 saturated heterocycles. The number of aliphatic hydroxyl groups excluding tert-OH is 1. The third kappa shape index (κ3) is 5.36. The Balaban J connectivity index is 2.21. The van der Waals surface area contributed by atoms with Gasteiger partial charge in [0.05, 0.1) is 6.10 Å². The van der Waals surface area contributed by atoms with Gasteiger partial charge in [-0.15, -0.1) is 0 Å². The van der Waals surface area contributed by atoms with Crippen molar-refractivity contribution in [3.63, 3.8) is 0 Å². The maximum atomic E-state index is 9.88. The molecule has 1 atom stereocenters. The van der Waals surface area contributed by atoms with E-state index >= 15 is 0 Å². The van der Waals surface area contributed by atoms with E-state index in [1.807, 2.05) is 0 Å². The van der Waals surface area contributed by atoms with Gasteiger partial charge in [-0.2, -0.15) is 0 Å². The van der Waals surface area contributed by atoms with Crippen molar-refractivity contribution in [1.82, 2.24) is 10.2 Å². The van der Waals surface area contributed by atoms with Crippen LogP contribution in [0.1, 0.15) is 46.0 Å². The minimum absolute atomic E-state index is 0.233. The van der Waals surface area contributed by atoms with Gasteiger partial charge >= 0.3 is 0 Å². The van der Waals surface area contributed by atoms with Gasteiger partial charge < -0.3 is 15.3 Å². The summed E-state index contributed by atoms with van der Waals surface area (Å²) < 4.78 is 0. The smallest absolute Gasteiger partial charge is 0.0791 e. The Hall–Kier alpha value is -0.120. The van der Waals surface area contributed by atoms with Crippen molar-refractivity contribution in [2.75, 3.05) is 26.7 Å². The number of nitrogens with one attached hydrogen (secondary N) is 1. The number of aliphatic hydroxyl groups is 1. The van der Waals surface area contributed by atoms with Gasteiger partial charge in [-0.3, -0.25) is 0 Å². The molecule has 0 aromatic carbocycles. The first-order valence-electron chi connectivity index (χ1n) is 7.26. The molecular weight excluding hydrogens is 212 g/mol. The van der Waals surface area contributed by atoms with Crippen LogP contribution >= 0.6 is 0 Å². The normalized spacial score (nSPS) is 27.4. The summed E-state index contributed by atoms with van der Waals surface area (Å²) >= 11 is 0. The fourth-order valence-electron chi connectivity index (χ4n) is 2.85. The van der Waals surface area contributed by atoms with Crippen LogP contribution in [0.15, 0.2) is 0 Å². The van der Waals surface area contributed by atoms with E-state index in [2.05, 4.69) is 31.1 Å². The molecule has 1 aliphatic rings. The highest BCUT2D eigenvalue weighted by Crippen LogP contribution is 2.28. The van der Waals surface area contributed by atoms with Crippen molar-refractivity contribution in [1.29, 1.82) is 0 Å². The molecule has 0 amide bonds. The molecule has 0 aromatic rings. The Kier molecular flexibility index (Phi) is 7.09. The molecule has 0 aromatic heterocycles. The third-order valence-corrected chi connectivity index (χ3v) is 4.15. The van der Waals surface area contributed by atoms with Crippen LogP contribution < -0.4 is 5.32 Å². The van der Waals surface area contributed by atoms with Crippen molar-refractivity contribution in [2.24, 2.45) is 5.92 Å². The lowest BCUT2D eigenvalue weighted by molar-refractivity contribution is 0.0839. The predicted molar refractivity (Wildman–Crippen MR) is 73.2 cm³/mol. The van der Waals surface area contributed by atoms with E-state index in [0.717, 1.165) is 19.0 Å². The van der Waals surface area contributed by atoms with Crippen molar-refractivity contribution < 1.29 is 5.11 Å². The van der Waals surface area contributed by atoms with Gasteiger partial charge in [0, 0.05) is 19.1 Å².